The van der Waals surface area contributed by atoms with Crippen LogP contribution in [0.15, 0.2) is 24.3 Å². The third-order valence-corrected chi connectivity index (χ3v) is 5.12. The fourth-order valence-corrected chi connectivity index (χ4v) is 3.38. The summed E-state index contributed by atoms with van der Waals surface area (Å²) in [6, 6.07) is 7.61. The molecule has 3 rings (SSSR count). The highest BCUT2D eigenvalue weighted by atomic mass is 35.5. The maximum Gasteiger partial charge on any atom is 0.241 e. The number of rotatable bonds is 6. The summed E-state index contributed by atoms with van der Waals surface area (Å²) in [5, 5.41) is 2.94. The minimum Gasteiger partial charge on any atom is -0.381 e. The number of amides is 1. The largest absolute Gasteiger partial charge is 0.381 e. The van der Waals surface area contributed by atoms with Gasteiger partial charge >= 0.3 is 0 Å². The van der Waals surface area contributed by atoms with Gasteiger partial charge in [-0.3, -0.25) is 9.69 Å². The predicted octanol–water partition coefficient (Wildman–Crippen LogP) is 2.10. The minimum absolute atomic E-state index is 0. The molecule has 1 aromatic rings. The van der Waals surface area contributed by atoms with Gasteiger partial charge in [-0.25, -0.2) is 0 Å². The number of nitrogens with two attached hydrogens (primary N) is 1. The Balaban J connectivity index is 0.00000182. The van der Waals surface area contributed by atoms with E-state index in [1.54, 1.807) is 0 Å². The van der Waals surface area contributed by atoms with Gasteiger partial charge in [0.2, 0.25) is 5.91 Å². The normalized spacial score (nSPS) is 19.4. The van der Waals surface area contributed by atoms with E-state index in [0.29, 0.717) is 13.2 Å². The monoisotopic (exact) mass is 419 g/mol. The first kappa shape index (κ1) is 24.1. The van der Waals surface area contributed by atoms with E-state index in [1.807, 2.05) is 12.1 Å². The van der Waals surface area contributed by atoms with Crippen LogP contribution in [0.1, 0.15) is 18.4 Å². The Morgan fingerprint density at radius 2 is 1.67 bits per heavy atom. The molecule has 154 valence electrons. The van der Waals surface area contributed by atoms with Crippen molar-refractivity contribution >= 4 is 36.4 Å². The molecule has 0 saturated carbocycles. The van der Waals surface area contributed by atoms with E-state index in [9.17, 15) is 4.79 Å². The second-order valence-electron chi connectivity index (χ2n) is 6.87. The number of nitrogens with one attached hydrogen (secondary N) is 1. The average molecular weight is 420 g/mol. The third-order valence-electron chi connectivity index (χ3n) is 5.12. The first-order valence-corrected chi connectivity index (χ1v) is 9.25. The van der Waals surface area contributed by atoms with E-state index < -0.39 is 6.04 Å². The number of carbonyl (C=O) groups excluding carboxylic acids is 1. The first-order valence-electron chi connectivity index (χ1n) is 9.25. The van der Waals surface area contributed by atoms with Crippen molar-refractivity contribution in [2.24, 2.45) is 11.7 Å². The van der Waals surface area contributed by atoms with Crippen molar-refractivity contribution in [2.45, 2.75) is 25.3 Å². The van der Waals surface area contributed by atoms with Gasteiger partial charge in [-0.05, 0) is 42.9 Å². The van der Waals surface area contributed by atoms with Crippen LogP contribution in [0.3, 0.4) is 0 Å². The third kappa shape index (κ3) is 7.56. The van der Waals surface area contributed by atoms with Gasteiger partial charge in [0.15, 0.2) is 0 Å². The lowest BCUT2D eigenvalue weighted by atomic mass is 9.92. The molecule has 2 aliphatic rings. The molecule has 2 fully saturated rings. The van der Waals surface area contributed by atoms with Gasteiger partial charge in [0, 0.05) is 38.5 Å². The molecule has 1 aromatic carbocycles. The van der Waals surface area contributed by atoms with Crippen LogP contribution in [0.4, 0.5) is 5.69 Å². The van der Waals surface area contributed by atoms with E-state index in [4.69, 9.17) is 15.2 Å². The predicted molar refractivity (Wildman–Crippen MR) is 112 cm³/mol. The molecule has 8 heteroatoms. The van der Waals surface area contributed by atoms with Crippen molar-refractivity contribution in [1.82, 2.24) is 4.90 Å². The van der Waals surface area contributed by atoms with Crippen LogP contribution in [-0.4, -0.2) is 62.9 Å². The molecule has 3 N–H and O–H groups in total. The molecule has 2 heterocycles. The Hall–Kier alpha value is -0.890. The quantitative estimate of drug-likeness (QED) is 0.737. The van der Waals surface area contributed by atoms with Gasteiger partial charge in [0.05, 0.1) is 19.3 Å². The number of ether oxygens (including phenoxy) is 2. The Morgan fingerprint density at radius 3 is 2.30 bits per heavy atom. The van der Waals surface area contributed by atoms with Gasteiger partial charge in [0.25, 0.3) is 0 Å². The lowest BCUT2D eigenvalue weighted by Crippen LogP contribution is -2.44. The lowest BCUT2D eigenvalue weighted by Gasteiger charge is -2.27. The summed E-state index contributed by atoms with van der Waals surface area (Å²) in [7, 11) is 0. The lowest BCUT2D eigenvalue weighted by molar-refractivity contribution is -0.119. The van der Waals surface area contributed by atoms with Gasteiger partial charge in [0.1, 0.15) is 0 Å². The molecule has 1 amide bonds. The summed E-state index contributed by atoms with van der Waals surface area (Å²) in [6.07, 6.45) is 2.72. The second-order valence-corrected chi connectivity index (χ2v) is 6.87. The number of hydrogen-bond acceptors (Lipinski definition) is 5. The highest BCUT2D eigenvalue weighted by Crippen LogP contribution is 2.19. The summed E-state index contributed by atoms with van der Waals surface area (Å²) in [5.74, 6) is 0.106. The van der Waals surface area contributed by atoms with E-state index in [2.05, 4.69) is 22.3 Å². The van der Waals surface area contributed by atoms with Gasteiger partial charge in [-0.1, -0.05) is 12.1 Å². The first-order chi connectivity index (χ1) is 12.2. The number of anilines is 1. The van der Waals surface area contributed by atoms with Crippen molar-refractivity contribution in [3.63, 3.8) is 0 Å². The van der Waals surface area contributed by atoms with Crippen LogP contribution in [0.5, 0.6) is 0 Å². The summed E-state index contributed by atoms with van der Waals surface area (Å²) in [5.41, 5.74) is 8.20. The maximum atomic E-state index is 12.3. The molecule has 6 nitrogen and oxygen atoms in total. The molecule has 1 unspecified atom stereocenters. The highest BCUT2D eigenvalue weighted by Gasteiger charge is 2.26. The van der Waals surface area contributed by atoms with Crippen molar-refractivity contribution in [3.05, 3.63) is 29.8 Å². The molecule has 0 spiro atoms. The number of halogens is 2. The van der Waals surface area contributed by atoms with E-state index in [-0.39, 0.29) is 36.6 Å². The van der Waals surface area contributed by atoms with Crippen LogP contribution < -0.4 is 11.1 Å². The number of benzene rings is 1. The van der Waals surface area contributed by atoms with Crippen LogP contribution in [0, 0.1) is 5.92 Å². The molecule has 0 aliphatic carbocycles. The average Bonchev–Trinajstić information content (AvgIpc) is 2.68. The number of carbonyl (C=O) groups is 1. The second kappa shape index (κ2) is 12.5. The van der Waals surface area contributed by atoms with E-state index in [1.165, 1.54) is 5.56 Å². The number of morpholine rings is 1. The van der Waals surface area contributed by atoms with Gasteiger partial charge < -0.3 is 20.5 Å². The highest BCUT2D eigenvalue weighted by molar-refractivity contribution is 5.94. The Kier molecular flexibility index (Phi) is 11.2. The molecule has 1 atom stereocenters. The number of hydrogen-bond donors (Lipinski definition) is 2. The fourth-order valence-electron chi connectivity index (χ4n) is 3.38. The zero-order valence-electron chi connectivity index (χ0n) is 15.6. The van der Waals surface area contributed by atoms with Crippen LogP contribution in [-0.2, 0) is 20.7 Å². The molecule has 0 radical (unpaired) electrons. The van der Waals surface area contributed by atoms with Crippen molar-refractivity contribution in [1.29, 1.82) is 0 Å². The van der Waals surface area contributed by atoms with Gasteiger partial charge in [-0.15, -0.1) is 24.8 Å². The van der Waals surface area contributed by atoms with Crippen LogP contribution in [0.25, 0.3) is 0 Å². The number of nitrogens with zero attached hydrogens (tertiary/aromatic N) is 1. The van der Waals surface area contributed by atoms with Crippen LogP contribution in [0.2, 0.25) is 0 Å². The smallest absolute Gasteiger partial charge is 0.241 e. The van der Waals surface area contributed by atoms with Crippen molar-refractivity contribution in [2.75, 3.05) is 51.4 Å². The van der Waals surface area contributed by atoms with E-state index >= 15 is 0 Å². The molecule has 0 aromatic heterocycles. The minimum atomic E-state index is -0.468. The topological polar surface area (TPSA) is 76.8 Å². The van der Waals surface area contributed by atoms with E-state index in [0.717, 1.165) is 57.8 Å². The summed E-state index contributed by atoms with van der Waals surface area (Å²) >= 11 is 0. The van der Waals surface area contributed by atoms with Crippen LogP contribution >= 0.6 is 24.8 Å². The van der Waals surface area contributed by atoms with Crippen molar-refractivity contribution < 1.29 is 14.3 Å². The maximum absolute atomic E-state index is 12.3. The zero-order chi connectivity index (χ0) is 17.5. The Bertz CT molecular complexity index is 548. The summed E-state index contributed by atoms with van der Waals surface area (Å²) in [4.78, 5) is 14.8. The SMILES string of the molecule is Cl.Cl.NC(C(=O)Nc1ccc(CCN2CCOCC2)cc1)C1CCOCC1. The molecule has 2 aliphatic heterocycles. The Morgan fingerprint density at radius 1 is 1.07 bits per heavy atom. The standard InChI is InChI=1S/C19H29N3O3.2ClH/c20-18(16-6-11-24-12-7-16)19(23)21-17-3-1-15(2-4-17)5-8-22-9-13-25-14-10-22;;/h1-4,16,18H,5-14,20H2,(H,21,23);2*1H. The molecule has 27 heavy (non-hydrogen) atoms. The fraction of sp³-hybridized carbons (Fsp3) is 0.632. The molecule has 2 saturated heterocycles. The summed E-state index contributed by atoms with van der Waals surface area (Å²) < 4.78 is 10.7. The Labute approximate surface area is 174 Å². The van der Waals surface area contributed by atoms with Gasteiger partial charge in [-0.2, -0.15) is 0 Å². The summed E-state index contributed by atoms with van der Waals surface area (Å²) in [6.45, 7) is 6.13. The molecular weight excluding hydrogens is 389 g/mol. The zero-order valence-corrected chi connectivity index (χ0v) is 17.2. The van der Waals surface area contributed by atoms with Crippen molar-refractivity contribution in [3.8, 4) is 0 Å². The molecular formula is C19H31Cl2N3O3. The molecule has 0 bridgehead atoms.